The number of carbonyl (C=O) groups excluding carboxylic acids is 1. The first-order valence-corrected chi connectivity index (χ1v) is 13.4. The molecule has 1 aromatic carbocycles. The zero-order chi connectivity index (χ0) is 23.9. The predicted octanol–water partition coefficient (Wildman–Crippen LogP) is 5.02. The number of anilines is 1. The summed E-state index contributed by atoms with van der Waals surface area (Å²) in [6.45, 7) is 12.7. The maximum atomic E-state index is 11.7. The van der Waals surface area contributed by atoms with Crippen LogP contribution in [0.5, 0.6) is 5.75 Å². The van der Waals surface area contributed by atoms with E-state index in [2.05, 4.69) is 43.1 Å². The minimum atomic E-state index is -0.129. The Hall–Kier alpha value is -2.08. The second-order valence-corrected chi connectivity index (χ2v) is 11.0. The first-order valence-electron chi connectivity index (χ1n) is 13.4. The molecule has 0 amide bonds. The van der Waals surface area contributed by atoms with Gasteiger partial charge >= 0.3 is 5.97 Å². The summed E-state index contributed by atoms with van der Waals surface area (Å²) in [5.74, 6) is 3.68. The Labute approximate surface area is 204 Å². The van der Waals surface area contributed by atoms with Crippen molar-refractivity contribution in [3.8, 4) is 5.75 Å². The number of ether oxygens (including phenoxy) is 2. The highest BCUT2D eigenvalue weighted by molar-refractivity contribution is 5.99. The number of amidine groups is 1. The van der Waals surface area contributed by atoms with Crippen LogP contribution in [0.25, 0.3) is 0 Å². The number of aryl methyl sites for hydroxylation is 1. The Morgan fingerprint density at radius 3 is 2.82 bits per heavy atom. The maximum Gasteiger partial charge on any atom is 0.302 e. The van der Waals surface area contributed by atoms with E-state index in [1.165, 1.54) is 30.4 Å². The lowest BCUT2D eigenvalue weighted by Gasteiger charge is -2.50. The molecule has 0 bridgehead atoms. The standard InChI is InChI=1S/C28H41N3O3/c1-5-31(6-2)14-13-29-27-17-33-25-15-19-7-8-21-20(22(19)16-24(25)30-27)11-12-28(4)23(21)9-10-26(28)34-18(3)32/h15-16,20-21,23,26H,5-14,17H2,1-4H3,(H,29,30)/t20-,21+,23-,26-,28-/m0/s1. The monoisotopic (exact) mass is 467 g/mol. The minimum absolute atomic E-state index is 0.0889. The second-order valence-electron chi connectivity index (χ2n) is 11.0. The van der Waals surface area contributed by atoms with E-state index in [1.807, 2.05) is 0 Å². The van der Waals surface area contributed by atoms with Gasteiger partial charge in [0.25, 0.3) is 0 Å². The number of fused-ring (bicyclic) bond motifs is 6. The van der Waals surface area contributed by atoms with Crippen molar-refractivity contribution in [1.82, 2.24) is 4.90 Å². The van der Waals surface area contributed by atoms with Gasteiger partial charge in [-0.05, 0) is 92.6 Å². The number of benzene rings is 1. The normalized spacial score (nSPS) is 32.8. The third kappa shape index (κ3) is 4.23. The zero-order valence-corrected chi connectivity index (χ0v) is 21.4. The van der Waals surface area contributed by atoms with E-state index in [0.717, 1.165) is 62.7 Å². The molecule has 186 valence electrons. The van der Waals surface area contributed by atoms with Crippen LogP contribution in [0.3, 0.4) is 0 Å². The summed E-state index contributed by atoms with van der Waals surface area (Å²) < 4.78 is 11.9. The quantitative estimate of drug-likeness (QED) is 0.595. The molecule has 5 atom stereocenters. The molecule has 1 heterocycles. The number of nitrogens with zero attached hydrogens (tertiary/aromatic N) is 2. The van der Waals surface area contributed by atoms with Gasteiger partial charge in [-0.15, -0.1) is 0 Å². The number of likely N-dealkylation sites (N-methyl/N-ethyl adjacent to an activating group) is 1. The molecule has 1 aliphatic heterocycles. The zero-order valence-electron chi connectivity index (χ0n) is 21.4. The average molecular weight is 468 g/mol. The Morgan fingerprint density at radius 2 is 2.06 bits per heavy atom. The van der Waals surface area contributed by atoms with Gasteiger partial charge in [-0.25, -0.2) is 0 Å². The van der Waals surface area contributed by atoms with Gasteiger partial charge in [-0.1, -0.05) is 20.8 Å². The lowest BCUT2D eigenvalue weighted by atomic mass is 9.55. The summed E-state index contributed by atoms with van der Waals surface area (Å²) in [5.41, 5.74) is 4.17. The van der Waals surface area contributed by atoms with Crippen LogP contribution in [0.4, 0.5) is 5.69 Å². The van der Waals surface area contributed by atoms with Crippen LogP contribution in [0.15, 0.2) is 17.1 Å². The van der Waals surface area contributed by atoms with E-state index in [1.54, 1.807) is 6.92 Å². The lowest BCUT2D eigenvalue weighted by Crippen LogP contribution is -2.45. The molecule has 2 fully saturated rings. The summed E-state index contributed by atoms with van der Waals surface area (Å²) in [6.07, 6.45) is 6.94. The van der Waals surface area contributed by atoms with Crippen molar-refractivity contribution in [2.24, 2.45) is 22.2 Å². The van der Waals surface area contributed by atoms with Gasteiger partial charge in [-0.2, -0.15) is 0 Å². The van der Waals surface area contributed by atoms with Crippen molar-refractivity contribution in [3.63, 3.8) is 0 Å². The van der Waals surface area contributed by atoms with Gasteiger partial charge < -0.3 is 19.7 Å². The molecule has 2 saturated carbocycles. The van der Waals surface area contributed by atoms with Gasteiger partial charge in [0.2, 0.25) is 0 Å². The van der Waals surface area contributed by atoms with E-state index in [0.29, 0.717) is 24.4 Å². The van der Waals surface area contributed by atoms with E-state index >= 15 is 0 Å². The van der Waals surface area contributed by atoms with Gasteiger partial charge in [0.1, 0.15) is 24.3 Å². The number of carbonyl (C=O) groups is 1. The summed E-state index contributed by atoms with van der Waals surface area (Å²) >= 11 is 0. The molecule has 6 nitrogen and oxygen atoms in total. The fraction of sp³-hybridized carbons (Fsp3) is 0.714. The molecule has 1 aromatic rings. The molecule has 0 unspecified atom stereocenters. The fourth-order valence-electron chi connectivity index (χ4n) is 7.45. The first-order chi connectivity index (χ1) is 16.4. The van der Waals surface area contributed by atoms with Gasteiger partial charge in [0.05, 0.1) is 12.2 Å². The molecule has 0 aromatic heterocycles. The fourth-order valence-corrected chi connectivity index (χ4v) is 7.45. The summed E-state index contributed by atoms with van der Waals surface area (Å²) in [4.78, 5) is 18.9. The first kappa shape index (κ1) is 23.7. The number of hydrogen-bond acceptors (Lipinski definition) is 5. The lowest BCUT2D eigenvalue weighted by molar-refractivity contribution is -0.154. The molecular weight excluding hydrogens is 426 g/mol. The van der Waals surface area contributed by atoms with Crippen molar-refractivity contribution in [2.75, 3.05) is 38.1 Å². The van der Waals surface area contributed by atoms with E-state index in [4.69, 9.17) is 14.5 Å². The average Bonchev–Trinajstić information content (AvgIpc) is 3.16. The van der Waals surface area contributed by atoms with Crippen LogP contribution < -0.4 is 10.1 Å². The van der Waals surface area contributed by atoms with Gasteiger partial charge in [0, 0.05) is 18.9 Å². The molecule has 34 heavy (non-hydrogen) atoms. The van der Waals surface area contributed by atoms with Crippen LogP contribution in [-0.2, 0) is 16.0 Å². The molecule has 6 heteroatoms. The largest absolute Gasteiger partial charge is 0.484 e. The van der Waals surface area contributed by atoms with E-state index < -0.39 is 0 Å². The van der Waals surface area contributed by atoms with Crippen molar-refractivity contribution in [3.05, 3.63) is 23.3 Å². The molecule has 1 N–H and O–H groups in total. The number of rotatable bonds is 6. The highest BCUT2D eigenvalue weighted by Gasteiger charge is 2.56. The second kappa shape index (κ2) is 9.52. The van der Waals surface area contributed by atoms with E-state index in [9.17, 15) is 4.79 Å². The maximum absolute atomic E-state index is 11.7. The summed E-state index contributed by atoms with van der Waals surface area (Å²) in [6, 6.07) is 4.65. The Balaban J connectivity index is 1.33. The topological polar surface area (TPSA) is 63.2 Å². The van der Waals surface area contributed by atoms with E-state index in [-0.39, 0.29) is 17.5 Å². The molecule has 5 rings (SSSR count). The third-order valence-corrected chi connectivity index (χ3v) is 9.30. The minimum Gasteiger partial charge on any atom is -0.484 e. The van der Waals surface area contributed by atoms with Crippen LogP contribution in [-0.4, -0.2) is 55.6 Å². The van der Waals surface area contributed by atoms with Crippen molar-refractivity contribution >= 4 is 17.5 Å². The number of aliphatic imine (C=N–C) groups is 1. The smallest absolute Gasteiger partial charge is 0.302 e. The molecule has 0 spiro atoms. The number of esters is 1. The highest BCUT2D eigenvalue weighted by Crippen LogP contribution is 2.62. The SMILES string of the molecule is CCN(CC)CCN=C1COc2cc3c(cc2N1)[C@H]1CC[C@]2(C)[C@@H](OC(C)=O)CC[C@H]2[C@@H]1CC3. The van der Waals surface area contributed by atoms with Crippen LogP contribution in [0.1, 0.15) is 76.8 Å². The van der Waals surface area contributed by atoms with Crippen LogP contribution in [0, 0.1) is 17.3 Å². The van der Waals surface area contributed by atoms with Gasteiger partial charge in [-0.3, -0.25) is 9.79 Å². The Morgan fingerprint density at radius 1 is 1.24 bits per heavy atom. The Bertz CT molecular complexity index is 956. The van der Waals surface area contributed by atoms with Crippen LogP contribution >= 0.6 is 0 Å². The number of hydrogen-bond donors (Lipinski definition) is 1. The van der Waals surface area contributed by atoms with Crippen molar-refractivity contribution in [1.29, 1.82) is 0 Å². The molecule has 3 aliphatic carbocycles. The molecule has 0 radical (unpaired) electrons. The number of nitrogens with one attached hydrogen (secondary N) is 1. The molecule has 0 saturated heterocycles. The molecule has 4 aliphatic rings. The highest BCUT2D eigenvalue weighted by atomic mass is 16.5. The third-order valence-electron chi connectivity index (χ3n) is 9.30. The Kier molecular flexibility index (Phi) is 6.62. The van der Waals surface area contributed by atoms with Crippen molar-refractivity contribution in [2.45, 2.75) is 78.2 Å². The summed E-state index contributed by atoms with van der Waals surface area (Å²) in [7, 11) is 0. The summed E-state index contributed by atoms with van der Waals surface area (Å²) in [5, 5.41) is 3.58. The molecular formula is C28H41N3O3. The van der Waals surface area contributed by atoms with Crippen LogP contribution in [0.2, 0.25) is 0 Å². The predicted molar refractivity (Wildman–Crippen MR) is 136 cm³/mol. The van der Waals surface area contributed by atoms with Gasteiger partial charge in [0.15, 0.2) is 0 Å². The van der Waals surface area contributed by atoms with Crippen molar-refractivity contribution < 1.29 is 14.3 Å².